The van der Waals surface area contributed by atoms with E-state index in [1.165, 1.54) is 18.2 Å². The average molecular weight is 342 g/mol. The van der Waals surface area contributed by atoms with Crippen LogP contribution in [0.1, 0.15) is 0 Å². The Kier molecular flexibility index (Phi) is 4.39. The van der Waals surface area contributed by atoms with Gasteiger partial charge in [0.2, 0.25) is 0 Å². The molecule has 9 heteroatoms. The summed E-state index contributed by atoms with van der Waals surface area (Å²) >= 11 is 11.9. The number of primary amides is 1. The van der Waals surface area contributed by atoms with E-state index in [1.807, 2.05) is 0 Å². The van der Waals surface area contributed by atoms with Crippen LogP contribution >= 0.6 is 23.2 Å². The summed E-state index contributed by atoms with van der Waals surface area (Å²) in [6, 6.07) is 6.82. The monoisotopic (exact) mass is 341 g/mol. The summed E-state index contributed by atoms with van der Waals surface area (Å²) in [5, 5.41) is 20.9. The number of rotatable bonds is 3. The number of anilines is 2. The number of nitro benzene ring substituents is 1. The molecule has 0 saturated carbocycles. The maximum absolute atomic E-state index is 11.7. The molecule has 22 heavy (non-hydrogen) atoms. The number of hydrogen-bond donors (Lipinski definition) is 2. The Bertz CT molecular complexity index is 767. The molecule has 0 aliphatic heterocycles. The van der Waals surface area contributed by atoms with Crippen molar-refractivity contribution in [3.05, 3.63) is 56.6 Å². The van der Waals surface area contributed by atoms with Gasteiger partial charge in [-0.2, -0.15) is 0 Å². The highest BCUT2D eigenvalue weighted by molar-refractivity contribution is 6.44. The highest BCUT2D eigenvalue weighted by Gasteiger charge is 2.23. The molecule has 0 spiro atoms. The number of nitrogens with two attached hydrogens (primary N) is 1. The lowest BCUT2D eigenvalue weighted by Gasteiger charge is -2.22. The van der Waals surface area contributed by atoms with Gasteiger partial charge in [-0.15, -0.1) is 0 Å². The predicted molar refractivity (Wildman–Crippen MR) is 82.9 cm³/mol. The molecule has 0 heterocycles. The van der Waals surface area contributed by atoms with Gasteiger partial charge in [-0.25, -0.2) is 4.79 Å². The van der Waals surface area contributed by atoms with Crippen LogP contribution in [0.25, 0.3) is 0 Å². The third-order valence-electron chi connectivity index (χ3n) is 2.80. The van der Waals surface area contributed by atoms with Gasteiger partial charge < -0.3 is 10.8 Å². The minimum absolute atomic E-state index is 0.0535. The van der Waals surface area contributed by atoms with Crippen LogP contribution < -0.4 is 10.6 Å². The van der Waals surface area contributed by atoms with Crippen LogP contribution in [0.4, 0.5) is 21.9 Å². The molecule has 0 saturated heterocycles. The van der Waals surface area contributed by atoms with Crippen LogP contribution in [0.2, 0.25) is 10.0 Å². The van der Waals surface area contributed by atoms with Crippen molar-refractivity contribution in [3.63, 3.8) is 0 Å². The van der Waals surface area contributed by atoms with Crippen LogP contribution in [0.15, 0.2) is 36.4 Å². The van der Waals surface area contributed by atoms with E-state index in [1.54, 1.807) is 6.07 Å². The summed E-state index contributed by atoms with van der Waals surface area (Å²) in [6.45, 7) is 0. The largest absolute Gasteiger partial charge is 0.505 e. The molecule has 0 fully saturated rings. The number of carbonyl (C=O) groups excluding carboxylic acids is 1. The van der Waals surface area contributed by atoms with Crippen molar-refractivity contribution in [1.29, 1.82) is 0 Å². The topological polar surface area (TPSA) is 110 Å². The molecule has 0 atom stereocenters. The molecule has 2 amide bonds. The number of halogens is 2. The Hall–Kier alpha value is -2.51. The standard InChI is InChI=1S/C13H9Cl2N3O4/c14-8-2-1-3-10(12(8)15)17(13(16)20)9-5-4-7(18(21)22)6-11(9)19/h1-6,19H,(H2,16,20). The molecule has 3 N–H and O–H groups in total. The number of urea groups is 1. The first kappa shape index (κ1) is 15.9. The number of phenols is 1. The molecule has 2 rings (SSSR count). The quantitative estimate of drug-likeness (QED) is 0.652. The number of non-ortho nitro benzene ring substituents is 1. The molecule has 2 aromatic carbocycles. The van der Waals surface area contributed by atoms with Gasteiger partial charge >= 0.3 is 6.03 Å². The minimum Gasteiger partial charge on any atom is -0.505 e. The molecule has 114 valence electrons. The fraction of sp³-hybridized carbons (Fsp3) is 0. The van der Waals surface area contributed by atoms with Gasteiger partial charge in [-0.1, -0.05) is 29.3 Å². The summed E-state index contributed by atoms with van der Waals surface area (Å²) in [4.78, 5) is 22.7. The third-order valence-corrected chi connectivity index (χ3v) is 3.61. The number of carbonyl (C=O) groups is 1. The lowest BCUT2D eigenvalue weighted by atomic mass is 10.2. The number of nitrogens with zero attached hydrogens (tertiary/aromatic N) is 2. The molecule has 0 aliphatic carbocycles. The highest BCUT2D eigenvalue weighted by Crippen LogP contribution is 2.40. The van der Waals surface area contributed by atoms with Gasteiger partial charge in [0.15, 0.2) is 0 Å². The summed E-state index contributed by atoms with van der Waals surface area (Å²) < 4.78 is 0. The first-order valence-electron chi connectivity index (χ1n) is 5.84. The van der Waals surface area contributed by atoms with E-state index < -0.39 is 16.7 Å². The highest BCUT2D eigenvalue weighted by atomic mass is 35.5. The van der Waals surface area contributed by atoms with E-state index in [2.05, 4.69) is 0 Å². The van der Waals surface area contributed by atoms with Crippen molar-refractivity contribution in [2.45, 2.75) is 0 Å². The van der Waals surface area contributed by atoms with Crippen LogP contribution in [0.5, 0.6) is 5.75 Å². The molecule has 0 aliphatic rings. The second kappa shape index (κ2) is 6.08. The SMILES string of the molecule is NC(=O)N(c1ccc([N+](=O)[O-])cc1O)c1cccc(Cl)c1Cl. The Morgan fingerprint density at radius 2 is 1.91 bits per heavy atom. The normalized spacial score (nSPS) is 10.3. The van der Waals surface area contributed by atoms with E-state index in [-0.39, 0.29) is 27.1 Å². The number of amides is 2. The molecular formula is C13H9Cl2N3O4. The molecule has 7 nitrogen and oxygen atoms in total. The number of nitro groups is 1. The molecule has 0 radical (unpaired) electrons. The van der Waals surface area contributed by atoms with E-state index in [4.69, 9.17) is 28.9 Å². The summed E-state index contributed by atoms with van der Waals surface area (Å²) in [6.07, 6.45) is 0. The Labute approximate surface area is 134 Å². The smallest absolute Gasteiger partial charge is 0.324 e. The van der Waals surface area contributed by atoms with E-state index in [0.717, 1.165) is 17.0 Å². The van der Waals surface area contributed by atoms with Crippen molar-refractivity contribution >= 4 is 46.3 Å². The van der Waals surface area contributed by atoms with Gasteiger partial charge in [-0.3, -0.25) is 15.0 Å². The van der Waals surface area contributed by atoms with E-state index in [0.29, 0.717) is 0 Å². The van der Waals surface area contributed by atoms with Crippen LogP contribution in [-0.2, 0) is 0 Å². The number of benzene rings is 2. The van der Waals surface area contributed by atoms with Crippen molar-refractivity contribution < 1.29 is 14.8 Å². The summed E-state index contributed by atoms with van der Waals surface area (Å²) in [7, 11) is 0. The van der Waals surface area contributed by atoms with E-state index in [9.17, 15) is 20.0 Å². The van der Waals surface area contributed by atoms with Crippen LogP contribution in [-0.4, -0.2) is 16.1 Å². The maximum atomic E-state index is 11.7. The second-order valence-electron chi connectivity index (χ2n) is 4.18. The van der Waals surface area contributed by atoms with Gasteiger partial charge in [0.05, 0.1) is 32.4 Å². The summed E-state index contributed by atoms with van der Waals surface area (Å²) in [5.74, 6) is -0.496. The van der Waals surface area contributed by atoms with Crippen molar-refractivity contribution in [2.24, 2.45) is 5.73 Å². The fourth-order valence-corrected chi connectivity index (χ4v) is 2.23. The van der Waals surface area contributed by atoms with Gasteiger partial charge in [0.1, 0.15) is 5.75 Å². The lowest BCUT2D eigenvalue weighted by molar-refractivity contribution is -0.384. The van der Waals surface area contributed by atoms with Crippen LogP contribution in [0.3, 0.4) is 0 Å². The van der Waals surface area contributed by atoms with Crippen LogP contribution in [0, 0.1) is 10.1 Å². The molecule has 2 aromatic rings. The Balaban J connectivity index is 2.61. The van der Waals surface area contributed by atoms with Gasteiger partial charge in [0, 0.05) is 6.07 Å². The zero-order valence-corrected chi connectivity index (χ0v) is 12.4. The molecule has 0 bridgehead atoms. The van der Waals surface area contributed by atoms with Crippen molar-refractivity contribution in [1.82, 2.24) is 0 Å². The maximum Gasteiger partial charge on any atom is 0.324 e. The van der Waals surface area contributed by atoms with Gasteiger partial charge in [-0.05, 0) is 18.2 Å². The molecule has 0 unspecified atom stereocenters. The Morgan fingerprint density at radius 1 is 1.23 bits per heavy atom. The van der Waals surface area contributed by atoms with Crippen molar-refractivity contribution in [3.8, 4) is 5.75 Å². The number of hydrogen-bond acceptors (Lipinski definition) is 4. The lowest BCUT2D eigenvalue weighted by Crippen LogP contribution is -2.31. The number of aromatic hydroxyl groups is 1. The predicted octanol–water partition coefficient (Wildman–Crippen LogP) is 3.82. The van der Waals surface area contributed by atoms with Gasteiger partial charge in [0.25, 0.3) is 5.69 Å². The molecular weight excluding hydrogens is 333 g/mol. The number of phenolic OH excluding ortho intramolecular Hbond substituents is 1. The zero-order chi connectivity index (χ0) is 16.4. The minimum atomic E-state index is -0.937. The van der Waals surface area contributed by atoms with Crippen molar-refractivity contribution in [2.75, 3.05) is 4.90 Å². The fourth-order valence-electron chi connectivity index (χ4n) is 1.85. The Morgan fingerprint density at radius 3 is 2.45 bits per heavy atom. The first-order chi connectivity index (χ1) is 10.3. The summed E-state index contributed by atoms with van der Waals surface area (Å²) in [5.41, 5.74) is 5.09. The molecule has 0 aromatic heterocycles. The van der Waals surface area contributed by atoms with E-state index >= 15 is 0 Å². The second-order valence-corrected chi connectivity index (χ2v) is 4.96. The zero-order valence-electron chi connectivity index (χ0n) is 10.9. The first-order valence-corrected chi connectivity index (χ1v) is 6.59. The third kappa shape index (κ3) is 2.90. The average Bonchev–Trinajstić information content (AvgIpc) is 2.44.